The summed E-state index contributed by atoms with van der Waals surface area (Å²) >= 11 is 2.50. The lowest BCUT2D eigenvalue weighted by Crippen LogP contribution is -2.42. The molecule has 1 aliphatic heterocycles. The Labute approximate surface area is 107 Å². The van der Waals surface area contributed by atoms with Crippen LogP contribution in [0.5, 0.6) is 0 Å². The molecule has 0 aromatic carbocycles. The van der Waals surface area contributed by atoms with Crippen molar-refractivity contribution in [2.45, 2.75) is 38.5 Å². The van der Waals surface area contributed by atoms with Crippen molar-refractivity contribution in [3.63, 3.8) is 0 Å². The smallest absolute Gasteiger partial charge is 0.0273 e. The SMILES string of the molecule is CN=CC1CCC[C@]2(CCCN(I)C2)C1. The van der Waals surface area contributed by atoms with E-state index in [4.69, 9.17) is 0 Å². The van der Waals surface area contributed by atoms with Crippen molar-refractivity contribution in [2.75, 3.05) is 20.1 Å². The predicted octanol–water partition coefficient (Wildman–Crippen LogP) is 3.31. The number of hydrogen-bond donors (Lipinski definition) is 0. The van der Waals surface area contributed by atoms with Gasteiger partial charge in [-0.3, -0.25) is 0 Å². The van der Waals surface area contributed by atoms with Crippen molar-refractivity contribution in [3.05, 3.63) is 0 Å². The van der Waals surface area contributed by atoms with Gasteiger partial charge in [0.25, 0.3) is 0 Å². The average Bonchev–Trinajstić information content (AvgIpc) is 2.17. The number of piperidine rings is 1. The largest absolute Gasteiger partial charge is 0.301 e. The van der Waals surface area contributed by atoms with E-state index in [1.54, 1.807) is 0 Å². The van der Waals surface area contributed by atoms with Crippen LogP contribution >= 0.6 is 22.9 Å². The van der Waals surface area contributed by atoms with Gasteiger partial charge in [-0.25, -0.2) is 3.11 Å². The summed E-state index contributed by atoms with van der Waals surface area (Å²) in [6.07, 6.45) is 10.6. The van der Waals surface area contributed by atoms with Gasteiger partial charge in [-0.1, -0.05) is 6.42 Å². The third-order valence-corrected chi connectivity index (χ3v) is 4.78. The summed E-state index contributed by atoms with van der Waals surface area (Å²) in [7, 11) is 1.91. The Balaban J connectivity index is 2.00. The zero-order valence-corrected chi connectivity index (χ0v) is 11.7. The molecule has 1 aliphatic carbocycles. The fraction of sp³-hybridized carbons (Fsp3) is 0.917. The second kappa shape index (κ2) is 5.13. The summed E-state index contributed by atoms with van der Waals surface area (Å²) in [5, 5.41) is 0. The summed E-state index contributed by atoms with van der Waals surface area (Å²) in [4.78, 5) is 4.22. The molecule has 0 bridgehead atoms. The minimum absolute atomic E-state index is 0.629. The summed E-state index contributed by atoms with van der Waals surface area (Å²) in [5.74, 6) is 0.756. The maximum atomic E-state index is 4.22. The third kappa shape index (κ3) is 2.93. The Morgan fingerprint density at radius 1 is 1.40 bits per heavy atom. The highest BCUT2D eigenvalue weighted by atomic mass is 127. The average molecular weight is 320 g/mol. The molecule has 1 saturated heterocycles. The first-order valence-corrected chi connectivity index (χ1v) is 7.04. The molecule has 2 fully saturated rings. The normalized spacial score (nSPS) is 38.9. The molecule has 1 spiro atoms. The number of halogens is 1. The molecule has 2 aliphatic rings. The topological polar surface area (TPSA) is 15.6 Å². The standard InChI is InChI=1S/C12H21IN2/c1-14-9-11-4-2-5-12(8-11)6-3-7-15(13)10-12/h9,11H,2-8,10H2,1H3/t11?,12-/m0/s1. The van der Waals surface area contributed by atoms with Crippen LogP contribution in [0, 0.1) is 11.3 Å². The van der Waals surface area contributed by atoms with E-state index < -0.39 is 0 Å². The van der Waals surface area contributed by atoms with Crippen LogP contribution in [0.3, 0.4) is 0 Å². The van der Waals surface area contributed by atoms with Crippen molar-refractivity contribution in [1.82, 2.24) is 3.11 Å². The number of nitrogens with zero attached hydrogens (tertiary/aromatic N) is 2. The van der Waals surface area contributed by atoms with Gasteiger partial charge in [0.1, 0.15) is 0 Å². The van der Waals surface area contributed by atoms with E-state index in [0.717, 1.165) is 5.92 Å². The van der Waals surface area contributed by atoms with Crippen LogP contribution < -0.4 is 0 Å². The molecule has 0 amide bonds. The molecule has 0 radical (unpaired) electrons. The van der Waals surface area contributed by atoms with Gasteiger partial charge in [0.15, 0.2) is 0 Å². The highest BCUT2D eigenvalue weighted by Crippen LogP contribution is 2.45. The Hall–Kier alpha value is 0.360. The van der Waals surface area contributed by atoms with Gasteiger partial charge < -0.3 is 4.99 Å². The molecular formula is C12H21IN2. The molecule has 3 heteroatoms. The molecule has 2 rings (SSSR count). The van der Waals surface area contributed by atoms with E-state index in [1.165, 1.54) is 51.6 Å². The fourth-order valence-corrected chi connectivity index (χ4v) is 4.42. The number of rotatable bonds is 1. The Morgan fingerprint density at radius 2 is 2.20 bits per heavy atom. The van der Waals surface area contributed by atoms with Crippen LogP contribution in [0.4, 0.5) is 0 Å². The molecule has 2 nitrogen and oxygen atoms in total. The molecule has 0 aromatic rings. The first kappa shape index (κ1) is 11.8. The number of hydrogen-bond acceptors (Lipinski definition) is 2. The molecule has 0 N–H and O–H groups in total. The van der Waals surface area contributed by atoms with Gasteiger partial charge in [0.05, 0.1) is 0 Å². The Bertz CT molecular complexity index is 238. The van der Waals surface area contributed by atoms with Crippen LogP contribution in [-0.2, 0) is 0 Å². The first-order valence-electron chi connectivity index (χ1n) is 6.07. The molecule has 15 heavy (non-hydrogen) atoms. The molecule has 2 atom stereocenters. The second-order valence-electron chi connectivity index (χ2n) is 5.21. The van der Waals surface area contributed by atoms with Gasteiger partial charge in [0.2, 0.25) is 0 Å². The maximum absolute atomic E-state index is 4.22. The molecule has 1 heterocycles. The van der Waals surface area contributed by atoms with Crippen molar-refractivity contribution in [2.24, 2.45) is 16.3 Å². The van der Waals surface area contributed by atoms with Crippen LogP contribution in [-0.4, -0.2) is 29.5 Å². The lowest BCUT2D eigenvalue weighted by atomic mass is 9.66. The Kier molecular flexibility index (Phi) is 4.04. The van der Waals surface area contributed by atoms with E-state index in [0.29, 0.717) is 5.41 Å². The fourth-order valence-electron chi connectivity index (χ4n) is 3.36. The van der Waals surface area contributed by atoms with E-state index >= 15 is 0 Å². The zero-order chi connectivity index (χ0) is 10.7. The van der Waals surface area contributed by atoms with Crippen molar-refractivity contribution >= 4 is 29.1 Å². The van der Waals surface area contributed by atoms with Gasteiger partial charge >= 0.3 is 0 Å². The van der Waals surface area contributed by atoms with Crippen LogP contribution in [0.1, 0.15) is 38.5 Å². The summed E-state index contributed by atoms with van der Waals surface area (Å²) < 4.78 is 2.49. The molecular weight excluding hydrogens is 299 g/mol. The third-order valence-electron chi connectivity index (χ3n) is 3.95. The van der Waals surface area contributed by atoms with Crippen LogP contribution in [0.15, 0.2) is 4.99 Å². The van der Waals surface area contributed by atoms with Crippen molar-refractivity contribution < 1.29 is 0 Å². The monoisotopic (exact) mass is 320 g/mol. The highest BCUT2D eigenvalue weighted by molar-refractivity contribution is 14.1. The van der Waals surface area contributed by atoms with Crippen molar-refractivity contribution in [1.29, 1.82) is 0 Å². The lowest BCUT2D eigenvalue weighted by molar-refractivity contribution is 0.0960. The summed E-state index contributed by atoms with van der Waals surface area (Å²) in [6.45, 7) is 2.59. The summed E-state index contributed by atoms with van der Waals surface area (Å²) in [5.41, 5.74) is 0.629. The van der Waals surface area contributed by atoms with E-state index in [1.807, 2.05) is 7.05 Å². The van der Waals surface area contributed by atoms with E-state index in [9.17, 15) is 0 Å². The van der Waals surface area contributed by atoms with E-state index in [-0.39, 0.29) is 0 Å². The Morgan fingerprint density at radius 3 is 2.93 bits per heavy atom. The quantitative estimate of drug-likeness (QED) is 0.411. The van der Waals surface area contributed by atoms with Crippen molar-refractivity contribution in [3.8, 4) is 0 Å². The minimum Gasteiger partial charge on any atom is -0.301 e. The second-order valence-corrected chi connectivity index (χ2v) is 6.58. The van der Waals surface area contributed by atoms with Gasteiger partial charge in [-0.2, -0.15) is 0 Å². The summed E-state index contributed by atoms with van der Waals surface area (Å²) in [6, 6.07) is 0. The van der Waals surface area contributed by atoms with Gasteiger partial charge in [-0.05, 0) is 43.4 Å². The molecule has 1 unspecified atom stereocenters. The number of aliphatic imine (C=N–C) groups is 1. The maximum Gasteiger partial charge on any atom is 0.0273 e. The molecule has 1 saturated carbocycles. The van der Waals surface area contributed by atoms with Gasteiger partial charge in [0, 0.05) is 49.2 Å². The zero-order valence-electron chi connectivity index (χ0n) is 9.58. The predicted molar refractivity (Wildman–Crippen MR) is 73.6 cm³/mol. The van der Waals surface area contributed by atoms with Crippen LogP contribution in [0.2, 0.25) is 0 Å². The van der Waals surface area contributed by atoms with E-state index in [2.05, 4.69) is 37.2 Å². The van der Waals surface area contributed by atoms with Gasteiger partial charge in [-0.15, -0.1) is 0 Å². The minimum atomic E-state index is 0.629. The highest BCUT2D eigenvalue weighted by Gasteiger charge is 2.38. The molecule has 86 valence electrons. The molecule has 0 aromatic heterocycles. The van der Waals surface area contributed by atoms with Crippen LogP contribution in [0.25, 0.3) is 0 Å². The lowest BCUT2D eigenvalue weighted by Gasteiger charge is -2.45. The first-order chi connectivity index (χ1) is 7.24.